The summed E-state index contributed by atoms with van der Waals surface area (Å²) < 4.78 is 13.2. The van der Waals surface area contributed by atoms with Crippen LogP contribution in [0.4, 0.5) is 4.39 Å². The minimum Gasteiger partial charge on any atom is -0.481 e. The molecule has 15 heavy (non-hydrogen) atoms. The number of benzene rings is 1. The van der Waals surface area contributed by atoms with Crippen molar-refractivity contribution in [1.29, 1.82) is 0 Å². The molecule has 1 aromatic carbocycles. The van der Waals surface area contributed by atoms with Crippen molar-refractivity contribution in [2.24, 2.45) is 0 Å². The van der Waals surface area contributed by atoms with Crippen molar-refractivity contribution in [3.8, 4) is 0 Å². The predicted molar refractivity (Wildman–Crippen MR) is 56.6 cm³/mol. The summed E-state index contributed by atoms with van der Waals surface area (Å²) in [4.78, 5) is 10.2. The average Bonchev–Trinajstić information content (AvgIpc) is 2.15. The molecule has 0 saturated heterocycles. The van der Waals surface area contributed by atoms with Gasteiger partial charge in [-0.25, -0.2) is 4.39 Å². The first-order chi connectivity index (χ1) is 7.11. The van der Waals surface area contributed by atoms with Crippen LogP contribution >= 0.6 is 11.6 Å². The standard InChI is InChI=1S/C11H12ClFO2/c12-9-5-3-6-10(13)8(9)4-1-2-7-11(14)15/h3,5-6H,1-2,4,7H2,(H,14,15). The molecule has 4 heteroatoms. The lowest BCUT2D eigenvalue weighted by molar-refractivity contribution is -0.137. The molecule has 0 saturated carbocycles. The summed E-state index contributed by atoms with van der Waals surface area (Å²) in [5.74, 6) is -1.15. The van der Waals surface area contributed by atoms with E-state index in [0.29, 0.717) is 29.8 Å². The van der Waals surface area contributed by atoms with E-state index in [2.05, 4.69) is 0 Å². The van der Waals surface area contributed by atoms with E-state index in [1.54, 1.807) is 12.1 Å². The molecular weight excluding hydrogens is 219 g/mol. The Labute approximate surface area is 92.7 Å². The molecule has 1 aromatic rings. The van der Waals surface area contributed by atoms with Gasteiger partial charge >= 0.3 is 5.97 Å². The molecule has 0 bridgehead atoms. The zero-order valence-corrected chi connectivity index (χ0v) is 8.93. The van der Waals surface area contributed by atoms with E-state index in [9.17, 15) is 9.18 Å². The van der Waals surface area contributed by atoms with Gasteiger partial charge in [-0.15, -0.1) is 0 Å². The predicted octanol–water partition coefficient (Wildman–Crippen LogP) is 3.28. The van der Waals surface area contributed by atoms with Crippen LogP contribution in [0.5, 0.6) is 0 Å². The summed E-state index contributed by atoms with van der Waals surface area (Å²) >= 11 is 5.81. The second-order valence-electron chi connectivity index (χ2n) is 3.30. The van der Waals surface area contributed by atoms with Crippen molar-refractivity contribution < 1.29 is 14.3 Å². The van der Waals surface area contributed by atoms with Crippen molar-refractivity contribution in [1.82, 2.24) is 0 Å². The molecule has 0 spiro atoms. The SMILES string of the molecule is O=C(O)CCCCc1c(F)cccc1Cl. The highest BCUT2D eigenvalue weighted by Crippen LogP contribution is 2.21. The third-order valence-corrected chi connectivity index (χ3v) is 2.48. The molecule has 0 atom stereocenters. The monoisotopic (exact) mass is 230 g/mol. The third-order valence-electron chi connectivity index (χ3n) is 2.13. The number of aliphatic carboxylic acids is 1. The Kier molecular flexibility index (Phi) is 4.56. The molecular formula is C11H12ClFO2. The van der Waals surface area contributed by atoms with Crippen LogP contribution in [0.2, 0.25) is 5.02 Å². The summed E-state index contributed by atoms with van der Waals surface area (Å²) in [5.41, 5.74) is 0.476. The average molecular weight is 231 g/mol. The van der Waals surface area contributed by atoms with Gasteiger partial charge in [-0.1, -0.05) is 17.7 Å². The number of carboxylic acids is 1. The zero-order valence-electron chi connectivity index (χ0n) is 8.17. The number of unbranched alkanes of at least 4 members (excludes halogenated alkanes) is 1. The van der Waals surface area contributed by atoms with Gasteiger partial charge in [0.2, 0.25) is 0 Å². The maximum atomic E-state index is 13.2. The number of carbonyl (C=O) groups is 1. The molecule has 0 aliphatic heterocycles. The van der Waals surface area contributed by atoms with E-state index in [-0.39, 0.29) is 12.2 Å². The fourth-order valence-electron chi connectivity index (χ4n) is 1.35. The maximum absolute atomic E-state index is 13.2. The second-order valence-corrected chi connectivity index (χ2v) is 3.71. The Hall–Kier alpha value is -1.09. The lowest BCUT2D eigenvalue weighted by atomic mass is 10.1. The number of hydrogen-bond donors (Lipinski definition) is 1. The molecule has 0 fully saturated rings. The molecule has 0 radical (unpaired) electrons. The highest BCUT2D eigenvalue weighted by Gasteiger charge is 2.06. The van der Waals surface area contributed by atoms with Crippen molar-refractivity contribution in [3.05, 3.63) is 34.6 Å². The minimum absolute atomic E-state index is 0.117. The van der Waals surface area contributed by atoms with Gasteiger partial charge in [-0.05, 0) is 31.4 Å². The second kappa shape index (κ2) is 5.71. The smallest absolute Gasteiger partial charge is 0.303 e. The maximum Gasteiger partial charge on any atom is 0.303 e. The van der Waals surface area contributed by atoms with Crippen LogP contribution in [-0.4, -0.2) is 11.1 Å². The van der Waals surface area contributed by atoms with Crippen LogP contribution in [0.1, 0.15) is 24.8 Å². The lowest BCUT2D eigenvalue weighted by Crippen LogP contribution is -1.96. The number of halogens is 2. The van der Waals surface area contributed by atoms with Crippen LogP contribution in [0, 0.1) is 5.82 Å². The molecule has 0 aliphatic carbocycles. The summed E-state index contributed by atoms with van der Waals surface area (Å²) in [6.07, 6.45) is 1.78. The molecule has 0 aliphatic rings. The van der Waals surface area contributed by atoms with Gasteiger partial charge in [0.1, 0.15) is 5.82 Å². The van der Waals surface area contributed by atoms with Crippen LogP contribution in [0.25, 0.3) is 0 Å². The summed E-state index contributed by atoms with van der Waals surface area (Å²) in [5, 5.41) is 8.83. The lowest BCUT2D eigenvalue weighted by Gasteiger charge is -2.04. The Morgan fingerprint density at radius 2 is 2.13 bits per heavy atom. The molecule has 1 N–H and O–H groups in total. The van der Waals surface area contributed by atoms with Crippen LogP contribution in [0.3, 0.4) is 0 Å². The van der Waals surface area contributed by atoms with E-state index in [4.69, 9.17) is 16.7 Å². The van der Waals surface area contributed by atoms with Crippen molar-refractivity contribution in [2.75, 3.05) is 0 Å². The fraction of sp³-hybridized carbons (Fsp3) is 0.364. The van der Waals surface area contributed by atoms with E-state index < -0.39 is 5.97 Å². The highest BCUT2D eigenvalue weighted by atomic mass is 35.5. The molecule has 0 unspecified atom stereocenters. The third kappa shape index (κ3) is 3.88. The molecule has 0 amide bonds. The largest absolute Gasteiger partial charge is 0.481 e. The topological polar surface area (TPSA) is 37.3 Å². The van der Waals surface area contributed by atoms with Gasteiger partial charge < -0.3 is 5.11 Å². The van der Waals surface area contributed by atoms with E-state index in [1.807, 2.05) is 0 Å². The van der Waals surface area contributed by atoms with E-state index in [0.717, 1.165) is 0 Å². The van der Waals surface area contributed by atoms with Gasteiger partial charge in [-0.3, -0.25) is 4.79 Å². The van der Waals surface area contributed by atoms with E-state index >= 15 is 0 Å². The van der Waals surface area contributed by atoms with Crippen LogP contribution < -0.4 is 0 Å². The minimum atomic E-state index is -0.824. The first-order valence-corrected chi connectivity index (χ1v) is 5.13. The van der Waals surface area contributed by atoms with Crippen molar-refractivity contribution >= 4 is 17.6 Å². The fourth-order valence-corrected chi connectivity index (χ4v) is 1.61. The summed E-state index contributed by atoms with van der Waals surface area (Å²) in [7, 11) is 0. The Bertz CT molecular complexity index is 332. The first kappa shape index (κ1) is 12.0. The Balaban J connectivity index is 2.47. The zero-order chi connectivity index (χ0) is 11.3. The van der Waals surface area contributed by atoms with E-state index in [1.165, 1.54) is 6.07 Å². The molecule has 0 heterocycles. The van der Waals surface area contributed by atoms with Gasteiger partial charge in [0.15, 0.2) is 0 Å². The van der Waals surface area contributed by atoms with Gasteiger partial charge in [0.05, 0.1) is 0 Å². The number of rotatable bonds is 5. The summed E-state index contributed by atoms with van der Waals surface area (Å²) in [6, 6.07) is 4.55. The van der Waals surface area contributed by atoms with Crippen molar-refractivity contribution in [2.45, 2.75) is 25.7 Å². The number of carboxylic acid groups (broad SMARTS) is 1. The molecule has 1 rings (SSSR count). The molecule has 82 valence electrons. The normalized spacial score (nSPS) is 10.3. The highest BCUT2D eigenvalue weighted by molar-refractivity contribution is 6.31. The molecule has 2 nitrogen and oxygen atoms in total. The summed E-state index contributed by atoms with van der Waals surface area (Å²) in [6.45, 7) is 0. The van der Waals surface area contributed by atoms with Gasteiger partial charge in [0, 0.05) is 17.0 Å². The van der Waals surface area contributed by atoms with Crippen molar-refractivity contribution in [3.63, 3.8) is 0 Å². The first-order valence-electron chi connectivity index (χ1n) is 4.76. The quantitative estimate of drug-likeness (QED) is 0.789. The van der Waals surface area contributed by atoms with Crippen LogP contribution in [-0.2, 0) is 11.2 Å². The Morgan fingerprint density at radius 3 is 2.73 bits per heavy atom. The van der Waals surface area contributed by atoms with Gasteiger partial charge in [0.25, 0.3) is 0 Å². The van der Waals surface area contributed by atoms with Crippen LogP contribution in [0.15, 0.2) is 18.2 Å². The van der Waals surface area contributed by atoms with Gasteiger partial charge in [-0.2, -0.15) is 0 Å². The molecule has 0 aromatic heterocycles. The Morgan fingerprint density at radius 1 is 1.40 bits per heavy atom. The number of hydrogen-bond acceptors (Lipinski definition) is 1.